The quantitative estimate of drug-likeness (QED) is 0.844. The van der Waals surface area contributed by atoms with Crippen LogP contribution in [0.2, 0.25) is 0 Å². The van der Waals surface area contributed by atoms with E-state index in [1.54, 1.807) is 6.20 Å². The molecule has 0 saturated carbocycles. The van der Waals surface area contributed by atoms with Gasteiger partial charge in [0.25, 0.3) is 0 Å². The van der Waals surface area contributed by atoms with Crippen LogP contribution in [0, 0.1) is 5.92 Å². The summed E-state index contributed by atoms with van der Waals surface area (Å²) in [7, 11) is 0. The highest BCUT2D eigenvalue weighted by Crippen LogP contribution is 2.17. The van der Waals surface area contributed by atoms with Gasteiger partial charge < -0.3 is 10.2 Å². The van der Waals surface area contributed by atoms with Crippen LogP contribution in [-0.2, 0) is 4.79 Å². The molecule has 1 aliphatic heterocycles. The molecule has 2 rings (SSSR count). The third-order valence-electron chi connectivity index (χ3n) is 3.75. The van der Waals surface area contributed by atoms with E-state index in [4.69, 9.17) is 0 Å². The first-order valence-electron chi connectivity index (χ1n) is 7.53. The average Bonchev–Trinajstić information content (AvgIpc) is 2.47. The number of piperidine rings is 1. The van der Waals surface area contributed by atoms with Crippen LogP contribution in [-0.4, -0.2) is 35.2 Å². The second kappa shape index (κ2) is 7.20. The largest absolute Gasteiger partial charge is 0.353 e. The number of amides is 1. The van der Waals surface area contributed by atoms with Crippen LogP contribution < -0.4 is 10.2 Å². The maximum atomic E-state index is 12.2. The zero-order chi connectivity index (χ0) is 15.2. The van der Waals surface area contributed by atoms with Crippen molar-refractivity contribution in [3.63, 3.8) is 0 Å². The van der Waals surface area contributed by atoms with Gasteiger partial charge in [0.1, 0.15) is 0 Å². The highest BCUT2D eigenvalue weighted by atomic mass is 16.1. The summed E-state index contributed by atoms with van der Waals surface area (Å²) in [6, 6.07) is 4.03. The minimum atomic E-state index is -0.0191. The molecule has 0 radical (unpaired) electrons. The maximum Gasteiger partial charge on any atom is 0.223 e. The SMILES string of the molecule is C=C(C)C[C@@H](C)C(=O)N[C@@H]1CCCN(c2cccnn2)C1. The smallest absolute Gasteiger partial charge is 0.223 e. The van der Waals surface area contributed by atoms with Gasteiger partial charge in [0.15, 0.2) is 5.82 Å². The van der Waals surface area contributed by atoms with Gasteiger partial charge in [-0.2, -0.15) is 5.10 Å². The Morgan fingerprint density at radius 3 is 3.10 bits per heavy atom. The summed E-state index contributed by atoms with van der Waals surface area (Å²) in [5.41, 5.74) is 1.04. The predicted octanol–water partition coefficient (Wildman–Crippen LogP) is 2.16. The lowest BCUT2D eigenvalue weighted by Crippen LogP contribution is -2.49. The molecule has 0 spiro atoms. The monoisotopic (exact) mass is 288 g/mol. The lowest BCUT2D eigenvalue weighted by atomic mass is 10.0. The molecule has 2 atom stereocenters. The van der Waals surface area contributed by atoms with Crippen molar-refractivity contribution in [2.75, 3.05) is 18.0 Å². The number of rotatable bonds is 5. The topological polar surface area (TPSA) is 58.1 Å². The van der Waals surface area contributed by atoms with E-state index < -0.39 is 0 Å². The minimum Gasteiger partial charge on any atom is -0.353 e. The van der Waals surface area contributed by atoms with Crippen molar-refractivity contribution < 1.29 is 4.79 Å². The standard InChI is InChI=1S/C16H24N4O/c1-12(2)10-13(3)16(21)18-14-6-5-9-20(11-14)15-7-4-8-17-19-15/h4,7-8,13-14H,1,5-6,9-11H2,2-3H3,(H,18,21)/t13-,14-/m1/s1. The highest BCUT2D eigenvalue weighted by Gasteiger charge is 2.24. The minimum absolute atomic E-state index is 0.0191. The molecule has 5 heteroatoms. The average molecular weight is 288 g/mol. The van der Waals surface area contributed by atoms with E-state index in [1.165, 1.54) is 0 Å². The summed E-state index contributed by atoms with van der Waals surface area (Å²) in [6.45, 7) is 9.54. The Labute approximate surface area is 126 Å². The molecular weight excluding hydrogens is 264 g/mol. The van der Waals surface area contributed by atoms with Gasteiger partial charge in [-0.25, -0.2) is 0 Å². The van der Waals surface area contributed by atoms with E-state index in [0.29, 0.717) is 0 Å². The molecule has 1 aliphatic rings. The van der Waals surface area contributed by atoms with Gasteiger partial charge in [0.05, 0.1) is 0 Å². The van der Waals surface area contributed by atoms with E-state index >= 15 is 0 Å². The molecular formula is C16H24N4O. The molecule has 5 nitrogen and oxygen atoms in total. The van der Waals surface area contributed by atoms with E-state index in [9.17, 15) is 4.79 Å². The number of carbonyl (C=O) groups is 1. The molecule has 1 saturated heterocycles. The van der Waals surface area contributed by atoms with Gasteiger partial charge in [0, 0.05) is 31.2 Å². The van der Waals surface area contributed by atoms with E-state index in [2.05, 4.69) is 27.0 Å². The van der Waals surface area contributed by atoms with Gasteiger partial charge in [-0.15, -0.1) is 11.7 Å². The Balaban J connectivity index is 1.89. The molecule has 1 aromatic heterocycles. The van der Waals surface area contributed by atoms with Crippen molar-refractivity contribution in [2.24, 2.45) is 5.92 Å². The van der Waals surface area contributed by atoms with Gasteiger partial charge in [-0.3, -0.25) is 4.79 Å². The molecule has 1 N–H and O–H groups in total. The molecule has 0 bridgehead atoms. The molecule has 2 heterocycles. The van der Waals surface area contributed by atoms with Crippen LogP contribution in [0.3, 0.4) is 0 Å². The van der Waals surface area contributed by atoms with E-state index in [1.807, 2.05) is 26.0 Å². The Hall–Kier alpha value is -1.91. The lowest BCUT2D eigenvalue weighted by Gasteiger charge is -2.34. The van der Waals surface area contributed by atoms with Crippen molar-refractivity contribution in [3.8, 4) is 0 Å². The van der Waals surface area contributed by atoms with Crippen molar-refractivity contribution >= 4 is 11.7 Å². The second-order valence-corrected chi connectivity index (χ2v) is 5.94. The van der Waals surface area contributed by atoms with Crippen LogP contribution in [0.1, 0.15) is 33.1 Å². The van der Waals surface area contributed by atoms with Crippen molar-refractivity contribution in [2.45, 2.75) is 39.2 Å². The van der Waals surface area contributed by atoms with E-state index in [-0.39, 0.29) is 17.9 Å². The summed E-state index contributed by atoms with van der Waals surface area (Å²) >= 11 is 0. The number of aromatic nitrogens is 2. The number of anilines is 1. The third kappa shape index (κ3) is 4.55. The molecule has 114 valence electrons. The fraction of sp³-hybridized carbons (Fsp3) is 0.562. The summed E-state index contributed by atoms with van der Waals surface area (Å²) in [5.74, 6) is 0.977. The summed E-state index contributed by atoms with van der Waals surface area (Å²) in [5, 5.41) is 11.2. The second-order valence-electron chi connectivity index (χ2n) is 5.94. The molecule has 1 aromatic rings. The summed E-state index contributed by atoms with van der Waals surface area (Å²) < 4.78 is 0. The van der Waals surface area contributed by atoms with Crippen LogP contribution in [0.5, 0.6) is 0 Å². The first-order valence-corrected chi connectivity index (χ1v) is 7.53. The van der Waals surface area contributed by atoms with E-state index in [0.717, 1.165) is 43.7 Å². The van der Waals surface area contributed by atoms with Crippen molar-refractivity contribution in [1.82, 2.24) is 15.5 Å². The first kappa shape index (κ1) is 15.5. The molecule has 21 heavy (non-hydrogen) atoms. The fourth-order valence-corrected chi connectivity index (χ4v) is 2.72. The van der Waals surface area contributed by atoms with Gasteiger partial charge >= 0.3 is 0 Å². The normalized spacial score (nSPS) is 19.9. The Bertz CT molecular complexity index is 488. The number of hydrogen-bond donors (Lipinski definition) is 1. The van der Waals surface area contributed by atoms with Crippen molar-refractivity contribution in [3.05, 3.63) is 30.5 Å². The third-order valence-corrected chi connectivity index (χ3v) is 3.75. The van der Waals surface area contributed by atoms with Gasteiger partial charge in [-0.1, -0.05) is 12.5 Å². The number of nitrogens with one attached hydrogen (secondary N) is 1. The van der Waals surface area contributed by atoms with Crippen LogP contribution in [0.4, 0.5) is 5.82 Å². The summed E-state index contributed by atoms with van der Waals surface area (Å²) in [4.78, 5) is 14.4. The fourth-order valence-electron chi connectivity index (χ4n) is 2.72. The molecule has 1 amide bonds. The molecule has 0 aliphatic carbocycles. The predicted molar refractivity (Wildman–Crippen MR) is 84.0 cm³/mol. The number of hydrogen-bond acceptors (Lipinski definition) is 4. The highest BCUT2D eigenvalue weighted by molar-refractivity contribution is 5.79. The summed E-state index contributed by atoms with van der Waals surface area (Å²) in [6.07, 6.45) is 4.48. The maximum absolute atomic E-state index is 12.2. The Morgan fingerprint density at radius 1 is 1.62 bits per heavy atom. The first-order chi connectivity index (χ1) is 10.1. The number of carbonyl (C=O) groups excluding carboxylic acids is 1. The number of nitrogens with zero attached hydrogens (tertiary/aromatic N) is 3. The van der Waals surface area contributed by atoms with Crippen LogP contribution in [0.25, 0.3) is 0 Å². The molecule has 0 aromatic carbocycles. The number of allylic oxidation sites excluding steroid dienone is 1. The van der Waals surface area contributed by atoms with Crippen molar-refractivity contribution in [1.29, 1.82) is 0 Å². The molecule has 0 unspecified atom stereocenters. The van der Waals surface area contributed by atoms with Crippen LogP contribution in [0.15, 0.2) is 30.5 Å². The van der Waals surface area contributed by atoms with Gasteiger partial charge in [0.2, 0.25) is 5.91 Å². The zero-order valence-electron chi connectivity index (χ0n) is 12.9. The lowest BCUT2D eigenvalue weighted by molar-refractivity contribution is -0.125. The Kier molecular flexibility index (Phi) is 5.31. The zero-order valence-corrected chi connectivity index (χ0v) is 12.9. The van der Waals surface area contributed by atoms with Gasteiger partial charge in [-0.05, 0) is 38.3 Å². The molecule has 1 fully saturated rings. The Morgan fingerprint density at radius 2 is 2.43 bits per heavy atom. The van der Waals surface area contributed by atoms with Crippen LogP contribution >= 0.6 is 0 Å².